The molecule has 1 heterocycles. The third-order valence-corrected chi connectivity index (χ3v) is 2.76. The summed E-state index contributed by atoms with van der Waals surface area (Å²) < 4.78 is 14.0. The number of halogens is 1. The van der Waals surface area contributed by atoms with Crippen molar-refractivity contribution in [1.82, 2.24) is 9.78 Å². The molecular weight excluding hydrogens is 233 g/mol. The molecule has 0 spiro atoms. The molecule has 0 aliphatic rings. The van der Waals surface area contributed by atoms with E-state index in [1.165, 1.54) is 0 Å². The van der Waals surface area contributed by atoms with Crippen LogP contribution >= 0.6 is 0 Å². The van der Waals surface area contributed by atoms with Crippen molar-refractivity contribution in [3.63, 3.8) is 0 Å². The van der Waals surface area contributed by atoms with Crippen LogP contribution in [0.3, 0.4) is 0 Å². The van der Waals surface area contributed by atoms with E-state index >= 15 is 0 Å². The van der Waals surface area contributed by atoms with E-state index in [4.69, 9.17) is 0 Å². The van der Waals surface area contributed by atoms with E-state index in [9.17, 15) is 9.50 Å². The molecule has 0 fully saturated rings. The second-order valence-corrected chi connectivity index (χ2v) is 4.07. The Hall–Kier alpha value is -2.04. The number of benzene rings is 1. The number of para-hydroxylation sites is 1. The fourth-order valence-corrected chi connectivity index (χ4v) is 1.80. The second-order valence-electron chi connectivity index (χ2n) is 4.07. The first kappa shape index (κ1) is 12.4. The number of rotatable bonds is 5. The summed E-state index contributed by atoms with van der Waals surface area (Å²) in [4.78, 5) is 0. The number of aromatic nitrogens is 2. The van der Waals surface area contributed by atoms with Crippen LogP contribution in [0.5, 0.6) is 5.75 Å². The van der Waals surface area contributed by atoms with E-state index in [1.54, 1.807) is 23.0 Å². The third-order valence-electron chi connectivity index (χ3n) is 2.76. The van der Waals surface area contributed by atoms with Gasteiger partial charge in [-0.1, -0.05) is 18.2 Å². The minimum Gasteiger partial charge on any atom is -0.508 e. The monoisotopic (exact) mass is 249 g/mol. The Balaban J connectivity index is 2.10. The first-order valence-electron chi connectivity index (χ1n) is 5.81. The molecule has 0 radical (unpaired) electrons. The molecule has 0 amide bonds. The molecular formula is C13H16FN3O. The maximum Gasteiger partial charge on any atom is 0.127 e. The van der Waals surface area contributed by atoms with Gasteiger partial charge in [0.1, 0.15) is 18.2 Å². The van der Waals surface area contributed by atoms with Crippen molar-refractivity contribution in [3.8, 4) is 5.75 Å². The molecule has 2 aromatic rings. The largest absolute Gasteiger partial charge is 0.508 e. The highest BCUT2D eigenvalue weighted by Gasteiger charge is 2.07. The summed E-state index contributed by atoms with van der Waals surface area (Å²) in [5.74, 6) is 1.04. The molecule has 0 unspecified atom stereocenters. The lowest BCUT2D eigenvalue weighted by atomic mass is 10.2. The predicted molar refractivity (Wildman–Crippen MR) is 68.4 cm³/mol. The van der Waals surface area contributed by atoms with Crippen molar-refractivity contribution in [2.75, 3.05) is 12.0 Å². The number of nitrogens with one attached hydrogen (secondary N) is 1. The Bertz CT molecular complexity index is 525. The van der Waals surface area contributed by atoms with Crippen molar-refractivity contribution in [3.05, 3.63) is 41.6 Å². The molecule has 0 aliphatic carbocycles. The number of aromatic hydroxyl groups is 1. The summed E-state index contributed by atoms with van der Waals surface area (Å²) in [5, 5.41) is 16.9. The van der Waals surface area contributed by atoms with E-state index in [-0.39, 0.29) is 12.3 Å². The summed E-state index contributed by atoms with van der Waals surface area (Å²) in [7, 11) is 0. The minimum atomic E-state index is -0.452. The summed E-state index contributed by atoms with van der Waals surface area (Å²) >= 11 is 0. The fourth-order valence-electron chi connectivity index (χ4n) is 1.80. The smallest absolute Gasteiger partial charge is 0.127 e. The standard InChI is InChI=1S/C13H16FN3O/c1-10-8-16-17(7-6-14)13(10)15-9-11-4-2-3-5-12(11)18/h2-5,8,15,18H,6-7,9H2,1H3. The van der Waals surface area contributed by atoms with Crippen LogP contribution in [-0.2, 0) is 13.1 Å². The molecule has 5 heteroatoms. The number of phenols is 1. The Morgan fingerprint density at radius 1 is 1.39 bits per heavy atom. The van der Waals surface area contributed by atoms with Crippen molar-refractivity contribution >= 4 is 5.82 Å². The summed E-state index contributed by atoms with van der Waals surface area (Å²) in [6.45, 7) is 2.17. The molecule has 0 saturated carbocycles. The van der Waals surface area contributed by atoms with E-state index in [0.29, 0.717) is 6.54 Å². The Kier molecular flexibility index (Phi) is 3.82. The van der Waals surface area contributed by atoms with Gasteiger partial charge in [0.15, 0.2) is 0 Å². The van der Waals surface area contributed by atoms with Gasteiger partial charge < -0.3 is 10.4 Å². The quantitative estimate of drug-likeness (QED) is 0.856. The van der Waals surface area contributed by atoms with E-state index in [1.807, 2.05) is 19.1 Å². The lowest BCUT2D eigenvalue weighted by Gasteiger charge is -2.10. The molecule has 4 nitrogen and oxygen atoms in total. The van der Waals surface area contributed by atoms with Gasteiger partial charge in [-0.25, -0.2) is 9.07 Å². The Labute approximate surface area is 105 Å². The van der Waals surface area contributed by atoms with Crippen molar-refractivity contribution in [2.45, 2.75) is 20.0 Å². The molecule has 0 saturated heterocycles. The van der Waals surface area contributed by atoms with Crippen LogP contribution in [0.25, 0.3) is 0 Å². The van der Waals surface area contributed by atoms with E-state index < -0.39 is 6.67 Å². The highest BCUT2D eigenvalue weighted by atomic mass is 19.1. The highest BCUT2D eigenvalue weighted by molar-refractivity contribution is 5.45. The van der Waals surface area contributed by atoms with Gasteiger partial charge in [-0.15, -0.1) is 0 Å². The SMILES string of the molecule is Cc1cnn(CCF)c1NCc1ccccc1O. The van der Waals surface area contributed by atoms with Gasteiger partial charge in [0, 0.05) is 17.7 Å². The van der Waals surface area contributed by atoms with Crippen LogP contribution in [0.1, 0.15) is 11.1 Å². The van der Waals surface area contributed by atoms with Crippen LogP contribution in [0, 0.1) is 6.92 Å². The zero-order chi connectivity index (χ0) is 13.0. The number of phenolic OH excluding ortho intramolecular Hbond substituents is 1. The maximum absolute atomic E-state index is 12.4. The number of anilines is 1. The van der Waals surface area contributed by atoms with Gasteiger partial charge in [-0.05, 0) is 13.0 Å². The number of alkyl halides is 1. The normalized spacial score (nSPS) is 10.6. The lowest BCUT2D eigenvalue weighted by molar-refractivity contribution is 0.429. The first-order valence-corrected chi connectivity index (χ1v) is 5.81. The van der Waals surface area contributed by atoms with Crippen LogP contribution < -0.4 is 5.32 Å². The lowest BCUT2D eigenvalue weighted by Crippen LogP contribution is -2.10. The fraction of sp³-hybridized carbons (Fsp3) is 0.308. The average Bonchev–Trinajstić information content (AvgIpc) is 2.70. The number of nitrogens with zero attached hydrogens (tertiary/aromatic N) is 2. The predicted octanol–water partition coefficient (Wildman–Crippen LogP) is 2.48. The van der Waals surface area contributed by atoms with E-state index in [0.717, 1.165) is 16.9 Å². The van der Waals surface area contributed by atoms with Crippen LogP contribution in [-0.4, -0.2) is 21.6 Å². The number of hydrogen-bond donors (Lipinski definition) is 2. The van der Waals surface area contributed by atoms with Crippen LogP contribution in [0.4, 0.5) is 10.2 Å². The molecule has 1 aromatic carbocycles. The average molecular weight is 249 g/mol. The molecule has 18 heavy (non-hydrogen) atoms. The van der Waals surface area contributed by atoms with E-state index in [2.05, 4.69) is 10.4 Å². The molecule has 0 bridgehead atoms. The molecule has 0 atom stereocenters. The third kappa shape index (κ3) is 2.61. The summed E-state index contributed by atoms with van der Waals surface area (Å²) in [6, 6.07) is 7.12. The van der Waals surface area contributed by atoms with Gasteiger partial charge in [-0.3, -0.25) is 0 Å². The first-order chi connectivity index (χ1) is 8.72. The van der Waals surface area contributed by atoms with Crippen molar-refractivity contribution in [1.29, 1.82) is 0 Å². The maximum atomic E-state index is 12.4. The molecule has 2 N–H and O–H groups in total. The van der Waals surface area contributed by atoms with Gasteiger partial charge in [0.2, 0.25) is 0 Å². The topological polar surface area (TPSA) is 50.1 Å². The highest BCUT2D eigenvalue weighted by Crippen LogP contribution is 2.19. The Morgan fingerprint density at radius 3 is 2.89 bits per heavy atom. The summed E-state index contributed by atoms with van der Waals surface area (Å²) in [5.41, 5.74) is 1.75. The zero-order valence-corrected chi connectivity index (χ0v) is 10.2. The molecule has 96 valence electrons. The molecule has 2 rings (SSSR count). The van der Waals surface area contributed by atoms with Gasteiger partial charge >= 0.3 is 0 Å². The van der Waals surface area contributed by atoms with Crippen molar-refractivity contribution in [2.24, 2.45) is 0 Å². The van der Waals surface area contributed by atoms with Gasteiger partial charge in [-0.2, -0.15) is 5.10 Å². The van der Waals surface area contributed by atoms with Crippen LogP contribution in [0.2, 0.25) is 0 Å². The molecule has 1 aromatic heterocycles. The number of aryl methyl sites for hydroxylation is 2. The zero-order valence-electron chi connectivity index (χ0n) is 10.2. The van der Waals surface area contributed by atoms with Gasteiger partial charge in [0.25, 0.3) is 0 Å². The Morgan fingerprint density at radius 2 is 2.17 bits per heavy atom. The number of hydrogen-bond acceptors (Lipinski definition) is 3. The van der Waals surface area contributed by atoms with Gasteiger partial charge in [0.05, 0.1) is 12.7 Å². The minimum absolute atomic E-state index is 0.233. The van der Waals surface area contributed by atoms with Crippen LogP contribution in [0.15, 0.2) is 30.5 Å². The van der Waals surface area contributed by atoms with Crippen molar-refractivity contribution < 1.29 is 9.50 Å². The molecule has 0 aliphatic heterocycles. The summed E-state index contributed by atoms with van der Waals surface area (Å²) in [6.07, 6.45) is 1.70. The second kappa shape index (κ2) is 5.53.